The van der Waals surface area contributed by atoms with E-state index in [-0.39, 0.29) is 0 Å². The molecule has 0 fully saturated rings. The van der Waals surface area contributed by atoms with Crippen LogP contribution in [0.5, 0.6) is 0 Å². The Labute approximate surface area is 122 Å². The lowest BCUT2D eigenvalue weighted by Gasteiger charge is -2.05. The molecule has 104 valence electrons. The molecular formula is C17H14N2O2. The molecule has 0 aromatic carbocycles. The molecule has 0 saturated carbocycles. The largest absolute Gasteiger partial charge is 0.403 e. The molecule has 1 unspecified atom stereocenters. The van der Waals surface area contributed by atoms with E-state index in [1.165, 1.54) is 0 Å². The van der Waals surface area contributed by atoms with Crippen LogP contribution >= 0.6 is 0 Å². The molecule has 21 heavy (non-hydrogen) atoms. The minimum Gasteiger partial charge on any atom is -0.403 e. The van der Waals surface area contributed by atoms with Gasteiger partial charge in [-0.15, -0.1) is 0 Å². The lowest BCUT2D eigenvalue weighted by Crippen LogP contribution is -2.02. The molecule has 1 aromatic rings. The number of aromatic nitrogens is 1. The molecule has 0 saturated heterocycles. The van der Waals surface area contributed by atoms with Crippen LogP contribution in [0.2, 0.25) is 0 Å². The predicted octanol–water partition coefficient (Wildman–Crippen LogP) is 3.07. The molecule has 4 nitrogen and oxygen atoms in total. The summed E-state index contributed by atoms with van der Waals surface area (Å²) in [4.78, 5) is 19.9. The van der Waals surface area contributed by atoms with Crippen molar-refractivity contribution in [1.82, 2.24) is 4.98 Å². The van der Waals surface area contributed by atoms with Crippen LogP contribution in [-0.2, 0) is 9.53 Å². The highest BCUT2D eigenvalue weighted by Gasteiger charge is 2.21. The molecule has 1 aliphatic heterocycles. The number of allylic oxidation sites excluding steroid dienone is 5. The second-order valence-corrected chi connectivity index (χ2v) is 4.73. The third-order valence-electron chi connectivity index (χ3n) is 3.12. The molecule has 0 radical (unpaired) electrons. The number of pyridine rings is 1. The highest BCUT2D eigenvalue weighted by atomic mass is 16.6. The summed E-state index contributed by atoms with van der Waals surface area (Å²) >= 11 is 0. The standard InChI is InChI=1S/C17H14N2O2/c20-17-15(11-14-7-4-10-18-12-14)19-16(21-17)9-8-13-5-2-1-3-6-13/h1-5,7-13H,6H2/b9-8+,15-11-. The number of carbonyl (C=O) groups excluding carboxylic acids is 1. The maximum atomic E-state index is 11.8. The van der Waals surface area contributed by atoms with Crippen molar-refractivity contribution in [1.29, 1.82) is 0 Å². The Morgan fingerprint density at radius 2 is 2.29 bits per heavy atom. The highest BCUT2D eigenvalue weighted by molar-refractivity contribution is 6.10. The normalized spacial score (nSPS) is 22.9. The van der Waals surface area contributed by atoms with E-state index in [4.69, 9.17) is 4.74 Å². The van der Waals surface area contributed by atoms with Crippen LogP contribution in [0.25, 0.3) is 6.08 Å². The first-order valence-corrected chi connectivity index (χ1v) is 6.75. The minimum absolute atomic E-state index is 0.293. The average Bonchev–Trinajstić information content (AvgIpc) is 2.87. The van der Waals surface area contributed by atoms with Crippen molar-refractivity contribution in [2.45, 2.75) is 6.42 Å². The maximum Gasteiger partial charge on any atom is 0.363 e. The van der Waals surface area contributed by atoms with Gasteiger partial charge < -0.3 is 4.74 Å². The monoisotopic (exact) mass is 278 g/mol. The number of ether oxygens (including phenoxy) is 1. The second kappa shape index (κ2) is 6.13. The lowest BCUT2D eigenvalue weighted by molar-refractivity contribution is -0.129. The van der Waals surface area contributed by atoms with E-state index in [9.17, 15) is 4.79 Å². The van der Waals surface area contributed by atoms with Crippen LogP contribution in [0.4, 0.5) is 0 Å². The molecule has 0 N–H and O–H groups in total. The van der Waals surface area contributed by atoms with E-state index >= 15 is 0 Å². The zero-order valence-electron chi connectivity index (χ0n) is 11.3. The Morgan fingerprint density at radius 1 is 1.33 bits per heavy atom. The van der Waals surface area contributed by atoms with Crippen molar-refractivity contribution in [3.63, 3.8) is 0 Å². The summed E-state index contributed by atoms with van der Waals surface area (Å²) < 4.78 is 5.13. The van der Waals surface area contributed by atoms with Gasteiger partial charge in [0.1, 0.15) is 0 Å². The first-order chi connectivity index (χ1) is 10.3. The number of carbonyl (C=O) groups is 1. The van der Waals surface area contributed by atoms with Crippen molar-refractivity contribution in [2.75, 3.05) is 0 Å². The molecule has 0 spiro atoms. The SMILES string of the molecule is O=C1OC(/C=C/C2C=CC=CC2)=NC/1=C\c1cccnc1. The molecule has 3 rings (SSSR count). The van der Waals surface area contributed by atoms with Gasteiger partial charge in [0.2, 0.25) is 5.90 Å². The zero-order chi connectivity index (χ0) is 14.5. The summed E-state index contributed by atoms with van der Waals surface area (Å²) in [6.07, 6.45) is 17.9. The van der Waals surface area contributed by atoms with Gasteiger partial charge in [-0.1, -0.05) is 36.4 Å². The summed E-state index contributed by atoms with van der Waals surface area (Å²) in [6.45, 7) is 0. The lowest BCUT2D eigenvalue weighted by atomic mass is 10.0. The number of aliphatic imine (C=N–C) groups is 1. The van der Waals surface area contributed by atoms with Gasteiger partial charge in [-0.2, -0.15) is 0 Å². The maximum absolute atomic E-state index is 11.8. The van der Waals surface area contributed by atoms with Crippen molar-refractivity contribution < 1.29 is 9.53 Å². The van der Waals surface area contributed by atoms with Crippen molar-refractivity contribution in [2.24, 2.45) is 10.9 Å². The molecule has 2 aliphatic rings. The van der Waals surface area contributed by atoms with Crippen molar-refractivity contribution >= 4 is 17.9 Å². The van der Waals surface area contributed by atoms with Crippen LogP contribution in [-0.4, -0.2) is 16.9 Å². The number of hydrogen-bond donors (Lipinski definition) is 0. The van der Waals surface area contributed by atoms with Gasteiger partial charge in [-0.25, -0.2) is 9.79 Å². The number of hydrogen-bond acceptors (Lipinski definition) is 4. The zero-order valence-corrected chi connectivity index (χ0v) is 11.3. The molecule has 1 aromatic heterocycles. The first kappa shape index (κ1) is 13.2. The molecule has 2 heterocycles. The van der Waals surface area contributed by atoms with Gasteiger partial charge in [0.25, 0.3) is 0 Å². The van der Waals surface area contributed by atoms with Crippen LogP contribution in [0, 0.1) is 5.92 Å². The number of cyclic esters (lactones) is 1. The van der Waals surface area contributed by atoms with Crippen molar-refractivity contribution in [3.05, 3.63) is 72.2 Å². The number of rotatable bonds is 3. The fraction of sp³-hybridized carbons (Fsp3) is 0.118. The smallest absolute Gasteiger partial charge is 0.363 e. The van der Waals surface area contributed by atoms with Gasteiger partial charge in [-0.3, -0.25) is 4.98 Å². The molecule has 0 amide bonds. The molecular weight excluding hydrogens is 264 g/mol. The van der Waals surface area contributed by atoms with Crippen LogP contribution < -0.4 is 0 Å². The summed E-state index contributed by atoms with van der Waals surface area (Å²) in [5, 5.41) is 0. The summed E-state index contributed by atoms with van der Waals surface area (Å²) in [5.41, 5.74) is 1.11. The van der Waals surface area contributed by atoms with Gasteiger partial charge in [-0.05, 0) is 36.1 Å². The summed E-state index contributed by atoms with van der Waals surface area (Å²) in [7, 11) is 0. The van der Waals surface area contributed by atoms with Gasteiger partial charge in [0, 0.05) is 12.4 Å². The quantitative estimate of drug-likeness (QED) is 0.630. The van der Waals surface area contributed by atoms with Gasteiger partial charge in [0.05, 0.1) is 0 Å². The number of nitrogens with zero attached hydrogens (tertiary/aromatic N) is 2. The van der Waals surface area contributed by atoms with E-state index in [2.05, 4.69) is 22.1 Å². The fourth-order valence-electron chi connectivity index (χ4n) is 2.06. The topological polar surface area (TPSA) is 51.5 Å². The Hall–Kier alpha value is -2.75. The van der Waals surface area contributed by atoms with E-state index in [1.807, 2.05) is 24.3 Å². The van der Waals surface area contributed by atoms with E-state index in [1.54, 1.807) is 30.6 Å². The highest BCUT2D eigenvalue weighted by Crippen LogP contribution is 2.17. The molecule has 1 aliphatic carbocycles. The third kappa shape index (κ3) is 3.42. The molecule has 4 heteroatoms. The van der Waals surface area contributed by atoms with Crippen LogP contribution in [0.15, 0.2) is 71.7 Å². The molecule has 0 bridgehead atoms. The average molecular weight is 278 g/mol. The summed E-state index contributed by atoms with van der Waals surface area (Å²) in [5.74, 6) is 0.221. The Kier molecular flexibility index (Phi) is 3.87. The molecule has 1 atom stereocenters. The summed E-state index contributed by atoms with van der Waals surface area (Å²) in [6, 6.07) is 3.66. The van der Waals surface area contributed by atoms with Crippen LogP contribution in [0.1, 0.15) is 12.0 Å². The Morgan fingerprint density at radius 3 is 3.05 bits per heavy atom. The number of esters is 1. The van der Waals surface area contributed by atoms with Crippen molar-refractivity contribution in [3.8, 4) is 0 Å². The van der Waals surface area contributed by atoms with E-state index < -0.39 is 5.97 Å². The fourth-order valence-corrected chi connectivity index (χ4v) is 2.06. The van der Waals surface area contributed by atoms with Gasteiger partial charge >= 0.3 is 5.97 Å². The van der Waals surface area contributed by atoms with E-state index in [0.29, 0.717) is 17.5 Å². The minimum atomic E-state index is -0.433. The third-order valence-corrected chi connectivity index (χ3v) is 3.12. The van der Waals surface area contributed by atoms with Gasteiger partial charge in [0.15, 0.2) is 5.70 Å². The van der Waals surface area contributed by atoms with Crippen LogP contribution in [0.3, 0.4) is 0 Å². The Bertz CT molecular complexity index is 682. The second-order valence-electron chi connectivity index (χ2n) is 4.73. The Balaban J connectivity index is 1.73. The predicted molar refractivity (Wildman–Crippen MR) is 81.3 cm³/mol. The van der Waals surface area contributed by atoms with E-state index in [0.717, 1.165) is 12.0 Å². The first-order valence-electron chi connectivity index (χ1n) is 6.75.